The Labute approximate surface area is 120 Å². The maximum absolute atomic E-state index is 6.22. The van der Waals surface area contributed by atoms with Gasteiger partial charge in [-0.2, -0.15) is 4.98 Å². The topological polar surface area (TPSA) is 83.4 Å². The van der Waals surface area contributed by atoms with E-state index < -0.39 is 5.54 Å². The van der Waals surface area contributed by atoms with E-state index in [2.05, 4.69) is 10.1 Å². The summed E-state index contributed by atoms with van der Waals surface area (Å²) in [5.74, 6) is 1.13. The van der Waals surface area contributed by atoms with Crippen LogP contribution in [0, 0.1) is 0 Å². The number of aryl methyl sites for hydroxylation is 1. The highest BCUT2D eigenvalue weighted by atomic mass is 16.5. The van der Waals surface area contributed by atoms with Crippen LogP contribution in [0.15, 0.2) is 4.52 Å². The number of rotatable bonds is 9. The number of nitrogens with zero attached hydrogens (tertiary/aromatic N) is 2. The molecule has 6 nitrogen and oxygen atoms in total. The van der Waals surface area contributed by atoms with E-state index in [-0.39, 0.29) is 0 Å². The average Bonchev–Trinajstić information content (AvgIpc) is 2.82. The predicted molar refractivity (Wildman–Crippen MR) is 74.2 cm³/mol. The number of ether oxygens (including phenoxy) is 2. The number of hydrogen-bond acceptors (Lipinski definition) is 6. The first-order chi connectivity index (χ1) is 9.62. The van der Waals surface area contributed by atoms with E-state index in [9.17, 15) is 0 Å². The lowest BCUT2D eigenvalue weighted by atomic mass is 9.95. The Balaban J connectivity index is 1.79. The van der Waals surface area contributed by atoms with Crippen LogP contribution in [0.2, 0.25) is 0 Å². The van der Waals surface area contributed by atoms with E-state index >= 15 is 0 Å². The molecule has 1 aromatic rings. The minimum absolute atomic E-state index is 0.357. The molecule has 2 N–H and O–H groups in total. The zero-order valence-electron chi connectivity index (χ0n) is 12.4. The van der Waals surface area contributed by atoms with Crippen molar-refractivity contribution in [2.75, 3.05) is 19.8 Å². The van der Waals surface area contributed by atoms with Gasteiger partial charge in [-0.1, -0.05) is 5.16 Å². The van der Waals surface area contributed by atoms with Crippen molar-refractivity contribution >= 4 is 0 Å². The van der Waals surface area contributed by atoms with E-state index in [0.717, 1.165) is 25.9 Å². The molecule has 0 amide bonds. The maximum Gasteiger partial charge on any atom is 0.226 e. The molecule has 6 heteroatoms. The second kappa shape index (κ2) is 7.15. The van der Waals surface area contributed by atoms with Crippen LogP contribution in [0.4, 0.5) is 0 Å². The van der Waals surface area contributed by atoms with Gasteiger partial charge in [-0.25, -0.2) is 0 Å². The van der Waals surface area contributed by atoms with Gasteiger partial charge in [0.15, 0.2) is 5.82 Å². The molecule has 1 unspecified atom stereocenters. The van der Waals surface area contributed by atoms with E-state index in [4.69, 9.17) is 19.7 Å². The summed E-state index contributed by atoms with van der Waals surface area (Å²) in [5, 5.41) is 3.98. The summed E-state index contributed by atoms with van der Waals surface area (Å²) >= 11 is 0. The number of aromatic nitrogens is 2. The Hall–Kier alpha value is -0.980. The highest BCUT2D eigenvalue weighted by Gasteiger charge is 2.30. The summed E-state index contributed by atoms with van der Waals surface area (Å²) in [5.41, 5.74) is 5.52. The summed E-state index contributed by atoms with van der Waals surface area (Å²) in [6, 6.07) is 0. The fourth-order valence-corrected chi connectivity index (χ4v) is 1.95. The summed E-state index contributed by atoms with van der Waals surface area (Å²) < 4.78 is 16.3. The summed E-state index contributed by atoms with van der Waals surface area (Å²) in [4.78, 5) is 4.36. The fourth-order valence-electron chi connectivity index (χ4n) is 1.95. The quantitative estimate of drug-likeness (QED) is 0.695. The Morgan fingerprint density at radius 3 is 2.90 bits per heavy atom. The molecule has 0 saturated heterocycles. The first kappa shape index (κ1) is 15.4. The molecule has 20 heavy (non-hydrogen) atoms. The molecule has 1 heterocycles. The molecule has 0 radical (unpaired) electrons. The molecular weight excluding hydrogens is 258 g/mol. The number of hydrogen-bond donors (Lipinski definition) is 1. The first-order valence-electron chi connectivity index (χ1n) is 7.43. The Bertz CT molecular complexity index is 402. The van der Waals surface area contributed by atoms with Gasteiger partial charge in [-0.3, -0.25) is 0 Å². The van der Waals surface area contributed by atoms with E-state index in [0.29, 0.717) is 37.5 Å². The van der Waals surface area contributed by atoms with Crippen LogP contribution in [0.1, 0.15) is 51.2 Å². The molecular formula is C14H25N3O3. The lowest BCUT2D eigenvalue weighted by Gasteiger charge is -2.29. The van der Waals surface area contributed by atoms with E-state index in [1.54, 1.807) is 0 Å². The molecule has 0 aromatic carbocycles. The van der Waals surface area contributed by atoms with Crippen molar-refractivity contribution in [1.29, 1.82) is 0 Å². The molecule has 1 atom stereocenters. The average molecular weight is 283 g/mol. The van der Waals surface area contributed by atoms with Crippen molar-refractivity contribution in [2.24, 2.45) is 5.73 Å². The molecule has 1 saturated carbocycles. The Morgan fingerprint density at radius 1 is 1.45 bits per heavy atom. The summed E-state index contributed by atoms with van der Waals surface area (Å²) in [6.07, 6.45) is 5.45. The maximum atomic E-state index is 6.22. The SMILES string of the molecule is CCOCCCc1nc(C(C)(N)COC2CCC2)no1. The van der Waals surface area contributed by atoms with Crippen LogP contribution in [-0.4, -0.2) is 36.1 Å². The molecule has 1 aromatic heterocycles. The van der Waals surface area contributed by atoms with Crippen LogP contribution < -0.4 is 5.73 Å². The normalized spacial score (nSPS) is 18.8. The van der Waals surface area contributed by atoms with Crippen molar-refractivity contribution in [3.8, 4) is 0 Å². The molecule has 2 rings (SSSR count). The fraction of sp³-hybridized carbons (Fsp3) is 0.857. The van der Waals surface area contributed by atoms with Crippen LogP contribution >= 0.6 is 0 Å². The van der Waals surface area contributed by atoms with Crippen LogP contribution in [0.3, 0.4) is 0 Å². The summed E-state index contributed by atoms with van der Waals surface area (Å²) in [6.45, 7) is 5.72. The lowest BCUT2D eigenvalue weighted by molar-refractivity contribution is -0.0222. The zero-order valence-corrected chi connectivity index (χ0v) is 12.4. The third-order valence-electron chi connectivity index (χ3n) is 3.53. The molecule has 1 aliphatic rings. The van der Waals surface area contributed by atoms with Gasteiger partial charge >= 0.3 is 0 Å². The first-order valence-corrected chi connectivity index (χ1v) is 7.43. The van der Waals surface area contributed by atoms with Gasteiger partial charge in [-0.05, 0) is 39.5 Å². The second-order valence-corrected chi connectivity index (χ2v) is 5.59. The van der Waals surface area contributed by atoms with Crippen molar-refractivity contribution in [3.05, 3.63) is 11.7 Å². The van der Waals surface area contributed by atoms with Gasteiger partial charge in [-0.15, -0.1) is 0 Å². The standard InChI is InChI=1S/C14H25N3O3/c1-3-18-9-5-8-12-16-13(17-20-12)14(2,15)10-19-11-6-4-7-11/h11H,3-10,15H2,1-2H3. The van der Waals surface area contributed by atoms with Crippen LogP contribution in [0.25, 0.3) is 0 Å². The lowest BCUT2D eigenvalue weighted by Crippen LogP contribution is -2.41. The van der Waals surface area contributed by atoms with E-state index in [1.165, 1.54) is 6.42 Å². The van der Waals surface area contributed by atoms with Crippen molar-refractivity contribution in [1.82, 2.24) is 10.1 Å². The van der Waals surface area contributed by atoms with Crippen LogP contribution in [-0.2, 0) is 21.4 Å². The third kappa shape index (κ3) is 4.26. The van der Waals surface area contributed by atoms with Crippen LogP contribution in [0.5, 0.6) is 0 Å². The zero-order chi connectivity index (χ0) is 14.4. The minimum atomic E-state index is -0.697. The third-order valence-corrected chi connectivity index (χ3v) is 3.53. The molecule has 1 aliphatic carbocycles. The summed E-state index contributed by atoms with van der Waals surface area (Å²) in [7, 11) is 0. The molecule has 1 fully saturated rings. The van der Waals surface area contributed by atoms with Gasteiger partial charge in [0.05, 0.1) is 12.7 Å². The van der Waals surface area contributed by atoms with Crippen molar-refractivity contribution in [2.45, 2.75) is 57.6 Å². The largest absolute Gasteiger partial charge is 0.382 e. The molecule has 0 aliphatic heterocycles. The van der Waals surface area contributed by atoms with Crippen molar-refractivity contribution in [3.63, 3.8) is 0 Å². The molecule has 114 valence electrons. The molecule has 0 spiro atoms. The Morgan fingerprint density at radius 2 is 2.25 bits per heavy atom. The second-order valence-electron chi connectivity index (χ2n) is 5.59. The van der Waals surface area contributed by atoms with Gasteiger partial charge in [0.1, 0.15) is 5.54 Å². The van der Waals surface area contributed by atoms with Gasteiger partial charge in [0.25, 0.3) is 0 Å². The van der Waals surface area contributed by atoms with E-state index in [1.807, 2.05) is 13.8 Å². The highest BCUT2D eigenvalue weighted by Crippen LogP contribution is 2.24. The van der Waals surface area contributed by atoms with Gasteiger partial charge in [0.2, 0.25) is 5.89 Å². The molecule has 0 bridgehead atoms. The van der Waals surface area contributed by atoms with Gasteiger partial charge in [0, 0.05) is 19.6 Å². The smallest absolute Gasteiger partial charge is 0.226 e. The number of nitrogens with two attached hydrogens (primary N) is 1. The van der Waals surface area contributed by atoms with Gasteiger partial charge < -0.3 is 19.7 Å². The predicted octanol–water partition coefficient (Wildman–Crippen LogP) is 1.78. The highest BCUT2D eigenvalue weighted by molar-refractivity contribution is 5.02. The Kier molecular flexibility index (Phi) is 5.51. The minimum Gasteiger partial charge on any atom is -0.382 e. The van der Waals surface area contributed by atoms with Crippen molar-refractivity contribution < 1.29 is 14.0 Å². The monoisotopic (exact) mass is 283 g/mol.